The van der Waals surface area contributed by atoms with Gasteiger partial charge < -0.3 is 9.73 Å². The number of rotatable bonds is 8. The minimum atomic E-state index is 0.746. The molecule has 0 aliphatic heterocycles. The van der Waals surface area contributed by atoms with Gasteiger partial charge in [0.05, 0.1) is 6.54 Å². The largest absolute Gasteiger partial charge is 0.465 e. The van der Waals surface area contributed by atoms with Crippen LogP contribution in [0.5, 0.6) is 0 Å². The Morgan fingerprint density at radius 3 is 2.74 bits per heavy atom. The average molecular weight is 262 g/mol. The molecule has 0 radical (unpaired) electrons. The molecule has 1 aromatic rings. The lowest BCUT2D eigenvalue weighted by Crippen LogP contribution is -2.25. The summed E-state index contributed by atoms with van der Waals surface area (Å²) >= 11 is 0. The van der Waals surface area contributed by atoms with Crippen molar-refractivity contribution < 1.29 is 4.42 Å². The van der Waals surface area contributed by atoms with Crippen LogP contribution in [0.1, 0.15) is 49.7 Å². The van der Waals surface area contributed by atoms with Gasteiger partial charge in [0.2, 0.25) is 0 Å². The molecule has 0 bridgehead atoms. The molecule has 19 heavy (non-hydrogen) atoms. The summed E-state index contributed by atoms with van der Waals surface area (Å²) < 4.78 is 5.87. The quantitative estimate of drug-likeness (QED) is 0.780. The van der Waals surface area contributed by atoms with Crippen LogP contribution in [-0.4, -0.2) is 24.0 Å². The second-order valence-electron chi connectivity index (χ2n) is 6.22. The molecule has 106 valence electrons. The number of nitrogens with one attached hydrogen (secondary N) is 1. The van der Waals surface area contributed by atoms with Crippen LogP contribution in [0.15, 0.2) is 10.5 Å². The normalized spacial score (nSPS) is 19.3. The molecular formula is C16H26N2O. The summed E-state index contributed by atoms with van der Waals surface area (Å²) in [7, 11) is 0. The van der Waals surface area contributed by atoms with Gasteiger partial charge in [0.1, 0.15) is 11.5 Å². The van der Waals surface area contributed by atoms with Crippen LogP contribution >= 0.6 is 0 Å². The van der Waals surface area contributed by atoms with Crippen LogP contribution in [0.2, 0.25) is 0 Å². The zero-order chi connectivity index (χ0) is 13.2. The van der Waals surface area contributed by atoms with E-state index in [2.05, 4.69) is 30.1 Å². The number of furan rings is 1. The van der Waals surface area contributed by atoms with E-state index in [9.17, 15) is 0 Å². The minimum absolute atomic E-state index is 0.746. The summed E-state index contributed by atoms with van der Waals surface area (Å²) in [6, 6.07) is 3.00. The van der Waals surface area contributed by atoms with Gasteiger partial charge in [-0.05, 0) is 51.1 Å². The molecule has 3 nitrogen and oxygen atoms in total. The van der Waals surface area contributed by atoms with Crippen LogP contribution in [0.3, 0.4) is 0 Å². The number of hydrogen-bond donors (Lipinski definition) is 1. The van der Waals surface area contributed by atoms with E-state index in [1.807, 2.05) is 0 Å². The number of hydrogen-bond acceptors (Lipinski definition) is 3. The third-order valence-corrected chi connectivity index (χ3v) is 4.27. The van der Waals surface area contributed by atoms with E-state index in [0.717, 1.165) is 43.1 Å². The van der Waals surface area contributed by atoms with Crippen LogP contribution in [0.4, 0.5) is 0 Å². The molecule has 2 aliphatic rings. The Hall–Kier alpha value is -0.800. The molecule has 3 rings (SSSR count). The first-order valence-electron chi connectivity index (χ1n) is 7.78. The van der Waals surface area contributed by atoms with Crippen molar-refractivity contribution in [3.8, 4) is 0 Å². The minimum Gasteiger partial charge on any atom is -0.465 e. The van der Waals surface area contributed by atoms with E-state index in [-0.39, 0.29) is 0 Å². The molecule has 0 unspecified atom stereocenters. The fraction of sp³-hybridized carbons (Fsp3) is 0.750. The van der Waals surface area contributed by atoms with Crippen LogP contribution < -0.4 is 5.32 Å². The van der Waals surface area contributed by atoms with Crippen molar-refractivity contribution in [3.63, 3.8) is 0 Å². The van der Waals surface area contributed by atoms with Gasteiger partial charge in [0.15, 0.2) is 0 Å². The van der Waals surface area contributed by atoms with E-state index >= 15 is 0 Å². The third-order valence-electron chi connectivity index (χ3n) is 4.27. The van der Waals surface area contributed by atoms with Gasteiger partial charge in [-0.25, -0.2) is 0 Å². The van der Waals surface area contributed by atoms with Gasteiger partial charge in [-0.15, -0.1) is 0 Å². The van der Waals surface area contributed by atoms with Crippen molar-refractivity contribution in [3.05, 3.63) is 23.2 Å². The van der Waals surface area contributed by atoms with E-state index < -0.39 is 0 Å². The van der Waals surface area contributed by atoms with Crippen molar-refractivity contribution in [2.45, 2.75) is 58.7 Å². The predicted molar refractivity (Wildman–Crippen MR) is 77.0 cm³/mol. The second kappa shape index (κ2) is 5.68. The van der Waals surface area contributed by atoms with E-state index in [1.165, 1.54) is 37.8 Å². The highest BCUT2D eigenvalue weighted by molar-refractivity contribution is 5.21. The molecule has 1 heterocycles. The third kappa shape index (κ3) is 3.83. The molecule has 2 aliphatic carbocycles. The Morgan fingerprint density at radius 1 is 1.32 bits per heavy atom. The van der Waals surface area contributed by atoms with Gasteiger partial charge >= 0.3 is 0 Å². The summed E-state index contributed by atoms with van der Waals surface area (Å²) in [6.45, 7) is 8.69. The Labute approximate surface area is 116 Å². The van der Waals surface area contributed by atoms with Crippen molar-refractivity contribution in [1.82, 2.24) is 10.2 Å². The Balaban J connectivity index is 1.55. The molecule has 2 saturated carbocycles. The topological polar surface area (TPSA) is 28.4 Å². The lowest BCUT2D eigenvalue weighted by atomic mass is 10.2. The molecular weight excluding hydrogens is 236 g/mol. The lowest BCUT2D eigenvalue weighted by Gasteiger charge is -2.19. The molecule has 0 aromatic carbocycles. The SMILES string of the molecule is CCN(Cc1cc(CNC2CC2)oc1C)CC1CC1. The molecule has 0 atom stereocenters. The van der Waals surface area contributed by atoms with E-state index in [0.29, 0.717) is 0 Å². The molecule has 1 aromatic heterocycles. The molecule has 3 heteroatoms. The molecule has 0 amide bonds. The highest BCUT2D eigenvalue weighted by atomic mass is 16.3. The lowest BCUT2D eigenvalue weighted by molar-refractivity contribution is 0.266. The highest BCUT2D eigenvalue weighted by Crippen LogP contribution is 2.30. The molecule has 2 fully saturated rings. The summed E-state index contributed by atoms with van der Waals surface area (Å²) in [4.78, 5) is 2.55. The monoisotopic (exact) mass is 262 g/mol. The first-order valence-corrected chi connectivity index (χ1v) is 7.78. The van der Waals surface area contributed by atoms with Gasteiger partial charge in [0.25, 0.3) is 0 Å². The highest BCUT2D eigenvalue weighted by Gasteiger charge is 2.24. The summed E-state index contributed by atoms with van der Waals surface area (Å²) in [6.07, 6.45) is 5.52. The number of nitrogens with zero attached hydrogens (tertiary/aromatic N) is 1. The predicted octanol–water partition coefficient (Wildman–Crippen LogP) is 3.07. The molecule has 1 N–H and O–H groups in total. The van der Waals surface area contributed by atoms with Crippen LogP contribution in [-0.2, 0) is 13.1 Å². The van der Waals surface area contributed by atoms with Crippen molar-refractivity contribution in [1.29, 1.82) is 0 Å². The van der Waals surface area contributed by atoms with Crippen LogP contribution in [0, 0.1) is 12.8 Å². The maximum atomic E-state index is 5.87. The summed E-state index contributed by atoms with van der Waals surface area (Å²) in [5.41, 5.74) is 1.37. The fourth-order valence-corrected chi connectivity index (χ4v) is 2.58. The van der Waals surface area contributed by atoms with Gasteiger partial charge in [0, 0.05) is 24.7 Å². The summed E-state index contributed by atoms with van der Waals surface area (Å²) in [5, 5.41) is 3.52. The van der Waals surface area contributed by atoms with Gasteiger partial charge in [-0.3, -0.25) is 4.90 Å². The first kappa shape index (κ1) is 13.2. The first-order chi connectivity index (χ1) is 9.24. The Morgan fingerprint density at radius 2 is 2.11 bits per heavy atom. The van der Waals surface area contributed by atoms with E-state index in [4.69, 9.17) is 4.42 Å². The molecule has 0 spiro atoms. The standard InChI is InChI=1S/C16H26N2O/c1-3-18(10-13-4-5-13)11-14-8-16(19-12(14)2)9-17-15-6-7-15/h8,13,15,17H,3-7,9-11H2,1-2H3. The Kier molecular flexibility index (Phi) is 3.94. The van der Waals surface area contributed by atoms with Gasteiger partial charge in [-0.2, -0.15) is 0 Å². The number of aryl methyl sites for hydroxylation is 1. The van der Waals surface area contributed by atoms with Gasteiger partial charge in [-0.1, -0.05) is 6.92 Å². The maximum Gasteiger partial charge on any atom is 0.118 e. The average Bonchev–Trinajstić information content (AvgIpc) is 3.29. The zero-order valence-electron chi connectivity index (χ0n) is 12.2. The van der Waals surface area contributed by atoms with E-state index in [1.54, 1.807) is 0 Å². The maximum absolute atomic E-state index is 5.87. The Bertz CT molecular complexity index is 418. The summed E-state index contributed by atoms with van der Waals surface area (Å²) in [5.74, 6) is 3.16. The van der Waals surface area contributed by atoms with Crippen molar-refractivity contribution in [2.75, 3.05) is 13.1 Å². The van der Waals surface area contributed by atoms with Crippen molar-refractivity contribution in [2.24, 2.45) is 5.92 Å². The van der Waals surface area contributed by atoms with Crippen molar-refractivity contribution >= 4 is 0 Å². The zero-order valence-corrected chi connectivity index (χ0v) is 12.2. The van der Waals surface area contributed by atoms with Crippen LogP contribution in [0.25, 0.3) is 0 Å². The second-order valence-corrected chi connectivity index (χ2v) is 6.22. The molecule has 0 saturated heterocycles. The smallest absolute Gasteiger partial charge is 0.118 e. The fourth-order valence-electron chi connectivity index (χ4n) is 2.58.